The van der Waals surface area contributed by atoms with E-state index in [0.717, 1.165) is 32.5 Å². The van der Waals surface area contributed by atoms with Gasteiger partial charge in [-0.3, -0.25) is 14.8 Å². The molecule has 0 saturated heterocycles. The third-order valence-electron chi connectivity index (χ3n) is 4.89. The van der Waals surface area contributed by atoms with Crippen molar-refractivity contribution in [3.63, 3.8) is 0 Å². The summed E-state index contributed by atoms with van der Waals surface area (Å²) in [5, 5.41) is 10.2. The van der Waals surface area contributed by atoms with Crippen LogP contribution in [0.25, 0.3) is 0 Å². The fourth-order valence-corrected chi connectivity index (χ4v) is 3.37. The molecule has 0 aromatic carbocycles. The molecule has 0 radical (unpaired) electrons. The summed E-state index contributed by atoms with van der Waals surface area (Å²) < 4.78 is 0. The first kappa shape index (κ1) is 15.3. The highest BCUT2D eigenvalue weighted by Gasteiger charge is 2.25. The van der Waals surface area contributed by atoms with E-state index < -0.39 is 0 Å². The molecular formula is C17H26N4O. The van der Waals surface area contributed by atoms with Gasteiger partial charge >= 0.3 is 0 Å². The van der Waals surface area contributed by atoms with Crippen molar-refractivity contribution < 1.29 is 4.79 Å². The van der Waals surface area contributed by atoms with Gasteiger partial charge in [0.15, 0.2) is 0 Å². The lowest BCUT2D eigenvalue weighted by Gasteiger charge is -2.31. The van der Waals surface area contributed by atoms with E-state index >= 15 is 0 Å². The predicted octanol–water partition coefficient (Wildman–Crippen LogP) is 2.16. The van der Waals surface area contributed by atoms with Crippen LogP contribution in [0.5, 0.6) is 0 Å². The number of aromatic amines is 1. The number of carbonyl (C=O) groups excluding carboxylic acids is 1. The van der Waals surface area contributed by atoms with Gasteiger partial charge in [-0.1, -0.05) is 11.6 Å². The first-order valence-corrected chi connectivity index (χ1v) is 8.45. The molecule has 0 saturated carbocycles. The SMILES string of the molecule is C[C@@H](C(=O)NCCC1=CCCCC1)N1CCc2[nH]ncc2C1. The van der Waals surface area contributed by atoms with Gasteiger partial charge in [-0.05, 0) is 39.0 Å². The molecule has 5 nitrogen and oxygen atoms in total. The van der Waals surface area contributed by atoms with Crippen LogP contribution in [0.4, 0.5) is 0 Å². The van der Waals surface area contributed by atoms with Gasteiger partial charge in [-0.25, -0.2) is 0 Å². The molecule has 1 aromatic heterocycles. The number of hydrogen-bond acceptors (Lipinski definition) is 3. The quantitative estimate of drug-likeness (QED) is 0.819. The number of fused-ring (bicyclic) bond motifs is 1. The maximum absolute atomic E-state index is 12.3. The molecule has 5 heteroatoms. The Morgan fingerprint density at radius 2 is 2.36 bits per heavy atom. The van der Waals surface area contributed by atoms with Crippen molar-refractivity contribution in [1.82, 2.24) is 20.4 Å². The summed E-state index contributed by atoms with van der Waals surface area (Å²) >= 11 is 0. The zero-order valence-electron chi connectivity index (χ0n) is 13.4. The fraction of sp³-hybridized carbons (Fsp3) is 0.647. The lowest BCUT2D eigenvalue weighted by Crippen LogP contribution is -2.47. The number of nitrogens with one attached hydrogen (secondary N) is 2. The summed E-state index contributed by atoms with van der Waals surface area (Å²) in [5.41, 5.74) is 3.95. The Balaban J connectivity index is 1.45. The standard InChI is InChI=1S/C17H26N4O/c1-13(21-10-8-16-15(12-21)11-19-20-16)17(22)18-9-7-14-5-3-2-4-6-14/h5,11,13H,2-4,6-10,12H2,1H3,(H,18,22)(H,19,20)/t13-/m0/s1. The zero-order chi connectivity index (χ0) is 15.4. The van der Waals surface area contributed by atoms with E-state index in [1.807, 2.05) is 13.1 Å². The fourth-order valence-electron chi connectivity index (χ4n) is 3.37. The van der Waals surface area contributed by atoms with E-state index in [0.29, 0.717) is 0 Å². The van der Waals surface area contributed by atoms with Crippen LogP contribution in [0, 0.1) is 0 Å². The van der Waals surface area contributed by atoms with Crippen molar-refractivity contribution in [2.24, 2.45) is 0 Å². The van der Waals surface area contributed by atoms with Crippen LogP contribution in [0.2, 0.25) is 0 Å². The van der Waals surface area contributed by atoms with Crippen molar-refractivity contribution in [2.75, 3.05) is 13.1 Å². The minimum absolute atomic E-state index is 0.0802. The van der Waals surface area contributed by atoms with Gasteiger partial charge in [-0.2, -0.15) is 5.10 Å². The summed E-state index contributed by atoms with van der Waals surface area (Å²) in [5.74, 6) is 0.142. The lowest BCUT2D eigenvalue weighted by molar-refractivity contribution is -0.126. The van der Waals surface area contributed by atoms with Gasteiger partial charge in [0.1, 0.15) is 0 Å². The van der Waals surface area contributed by atoms with E-state index in [1.165, 1.54) is 42.5 Å². The smallest absolute Gasteiger partial charge is 0.237 e. The maximum Gasteiger partial charge on any atom is 0.237 e. The van der Waals surface area contributed by atoms with Gasteiger partial charge in [0.2, 0.25) is 5.91 Å². The van der Waals surface area contributed by atoms with Crippen LogP contribution in [0.15, 0.2) is 17.8 Å². The Kier molecular flexibility index (Phi) is 4.93. The van der Waals surface area contributed by atoms with Crippen molar-refractivity contribution in [3.05, 3.63) is 29.1 Å². The highest BCUT2D eigenvalue weighted by molar-refractivity contribution is 5.81. The largest absolute Gasteiger partial charge is 0.354 e. The van der Waals surface area contributed by atoms with Gasteiger partial charge in [0, 0.05) is 37.3 Å². The van der Waals surface area contributed by atoms with Gasteiger partial charge < -0.3 is 5.32 Å². The highest BCUT2D eigenvalue weighted by atomic mass is 16.2. The molecule has 22 heavy (non-hydrogen) atoms. The average Bonchev–Trinajstić information content (AvgIpc) is 3.02. The molecule has 2 aliphatic rings. The number of amides is 1. The van der Waals surface area contributed by atoms with Crippen LogP contribution in [-0.4, -0.2) is 40.1 Å². The lowest BCUT2D eigenvalue weighted by atomic mass is 9.97. The molecule has 0 bridgehead atoms. The molecule has 3 rings (SSSR count). The third kappa shape index (κ3) is 3.58. The molecule has 0 unspecified atom stereocenters. The topological polar surface area (TPSA) is 61.0 Å². The first-order chi connectivity index (χ1) is 10.7. The van der Waals surface area contributed by atoms with E-state index in [4.69, 9.17) is 0 Å². The molecule has 0 fully saturated rings. The monoisotopic (exact) mass is 302 g/mol. The van der Waals surface area contributed by atoms with Crippen molar-refractivity contribution in [3.8, 4) is 0 Å². The second-order valence-corrected chi connectivity index (χ2v) is 6.42. The van der Waals surface area contributed by atoms with Crippen LogP contribution in [0.3, 0.4) is 0 Å². The Hall–Kier alpha value is -1.62. The zero-order valence-corrected chi connectivity index (χ0v) is 13.4. The van der Waals surface area contributed by atoms with Crippen LogP contribution >= 0.6 is 0 Å². The van der Waals surface area contributed by atoms with Crippen molar-refractivity contribution >= 4 is 5.91 Å². The summed E-state index contributed by atoms with van der Waals surface area (Å²) in [6.07, 6.45) is 11.2. The third-order valence-corrected chi connectivity index (χ3v) is 4.89. The molecule has 0 spiro atoms. The normalized spacial score (nSPS) is 20.1. The Morgan fingerprint density at radius 3 is 3.18 bits per heavy atom. The number of aromatic nitrogens is 2. The predicted molar refractivity (Wildman–Crippen MR) is 86.3 cm³/mol. The second-order valence-electron chi connectivity index (χ2n) is 6.42. The Bertz CT molecular complexity index is 549. The molecule has 120 valence electrons. The minimum Gasteiger partial charge on any atom is -0.354 e. The maximum atomic E-state index is 12.3. The van der Waals surface area contributed by atoms with Crippen LogP contribution in [-0.2, 0) is 17.8 Å². The van der Waals surface area contributed by atoms with Crippen LogP contribution in [0.1, 0.15) is 50.3 Å². The minimum atomic E-state index is -0.0802. The van der Waals surface area contributed by atoms with Crippen LogP contribution < -0.4 is 5.32 Å². The van der Waals surface area contributed by atoms with Gasteiger partial charge in [0.05, 0.1) is 12.2 Å². The van der Waals surface area contributed by atoms with E-state index in [9.17, 15) is 4.79 Å². The number of carbonyl (C=O) groups is 1. The van der Waals surface area contributed by atoms with E-state index in [1.54, 1.807) is 0 Å². The molecule has 2 heterocycles. The average molecular weight is 302 g/mol. The number of hydrogen-bond donors (Lipinski definition) is 2. The van der Waals surface area contributed by atoms with Gasteiger partial charge in [-0.15, -0.1) is 0 Å². The molecule has 2 N–H and O–H groups in total. The van der Waals surface area contributed by atoms with E-state index in [-0.39, 0.29) is 11.9 Å². The second kappa shape index (κ2) is 7.09. The van der Waals surface area contributed by atoms with Crippen molar-refractivity contribution in [1.29, 1.82) is 0 Å². The highest BCUT2D eigenvalue weighted by Crippen LogP contribution is 2.20. The number of nitrogens with zero attached hydrogens (tertiary/aromatic N) is 2. The number of allylic oxidation sites excluding steroid dienone is 1. The molecule has 1 atom stereocenters. The van der Waals surface area contributed by atoms with Crippen molar-refractivity contribution in [2.45, 2.75) is 58.0 Å². The van der Waals surface area contributed by atoms with Gasteiger partial charge in [0.25, 0.3) is 0 Å². The first-order valence-electron chi connectivity index (χ1n) is 8.45. The summed E-state index contributed by atoms with van der Waals surface area (Å²) in [6, 6.07) is -0.0802. The number of rotatable bonds is 5. The molecule has 1 aliphatic carbocycles. The Morgan fingerprint density at radius 1 is 1.45 bits per heavy atom. The van der Waals surface area contributed by atoms with E-state index in [2.05, 4.69) is 26.5 Å². The summed E-state index contributed by atoms with van der Waals surface area (Å²) in [7, 11) is 0. The molecule has 1 aliphatic heterocycles. The molecule has 1 aromatic rings. The summed E-state index contributed by atoms with van der Waals surface area (Å²) in [4.78, 5) is 14.6. The Labute approximate surface area is 132 Å². The molecule has 1 amide bonds. The molecular weight excluding hydrogens is 276 g/mol. The number of H-pyrrole nitrogens is 1. The summed E-state index contributed by atoms with van der Waals surface area (Å²) in [6.45, 7) is 4.49.